The molecule has 0 aromatic carbocycles. The second-order valence-corrected chi connectivity index (χ2v) is 6.05. The lowest BCUT2D eigenvalue weighted by molar-refractivity contribution is 0.824. The Balaban J connectivity index is -0.0000000304. The highest BCUT2D eigenvalue weighted by Crippen LogP contribution is 2.09. The Morgan fingerprint density at radius 1 is 1.33 bits per heavy atom. The highest BCUT2D eigenvalue weighted by Gasteiger charge is 2.03. The zero-order chi connectivity index (χ0) is 17.6. The standard InChI is InChI=1S/C4H5N3S.C4H6N2S2.C2H7NS.CH4S.2CH4.H3N.H2O.H2S/c5-3-7-4-6-1-2-8-4;1-7-4(8-2)6-3-5;3-1-2-4;1-2;;;;;/h1-2H2,(H,6,7);1-2H3;4H,1-3H2;2H,1H3;2*1H4;1H3;2*1H2. The normalized spacial score (nSPS) is 8.67. The van der Waals surface area contributed by atoms with Crippen molar-refractivity contribution in [3.8, 4) is 12.4 Å². The van der Waals surface area contributed by atoms with Crippen LogP contribution in [0, 0.1) is 22.9 Å². The molecule has 0 unspecified atom stereocenters. The Hall–Kier alpha value is 0.1000. The molecule has 0 bridgehead atoms. The molecule has 0 saturated heterocycles. The summed E-state index contributed by atoms with van der Waals surface area (Å²) in [7, 11) is 0. The van der Waals surface area contributed by atoms with E-state index >= 15 is 0 Å². The maximum absolute atomic E-state index is 8.07. The van der Waals surface area contributed by atoms with Crippen molar-refractivity contribution in [1.82, 2.24) is 11.5 Å². The minimum atomic E-state index is 0. The monoisotopic (exact) mass is 499 g/mol. The molecule has 0 radical (unpaired) electrons. The molecule has 0 fully saturated rings. The number of hydrogen-bond donors (Lipinski definition) is 5. The van der Waals surface area contributed by atoms with Gasteiger partial charge in [0.25, 0.3) is 0 Å². The van der Waals surface area contributed by atoms with Gasteiger partial charge in [-0.25, -0.2) is 0 Å². The van der Waals surface area contributed by atoms with E-state index in [1.165, 1.54) is 23.5 Å². The maximum Gasteiger partial charge on any atom is 0.207 e. The number of nitriles is 2. The molecule has 14 heteroatoms. The van der Waals surface area contributed by atoms with E-state index in [1.54, 1.807) is 24.2 Å². The third-order valence-electron chi connectivity index (χ3n) is 1.37. The molecule has 0 aromatic rings. The van der Waals surface area contributed by atoms with Gasteiger partial charge in [0.2, 0.25) is 6.19 Å². The molecule has 0 spiro atoms. The van der Waals surface area contributed by atoms with Crippen LogP contribution in [-0.2, 0) is 0 Å². The number of rotatable bonds is 1. The van der Waals surface area contributed by atoms with Gasteiger partial charge in [0.15, 0.2) is 11.4 Å². The van der Waals surface area contributed by atoms with Gasteiger partial charge in [-0.15, -0.1) is 23.5 Å². The van der Waals surface area contributed by atoms with Gasteiger partial charge >= 0.3 is 0 Å². The Labute approximate surface area is 196 Å². The first-order valence-corrected chi connectivity index (χ1v) is 10.8. The predicted octanol–water partition coefficient (Wildman–Crippen LogP) is 2.85. The number of hydrogen-bond acceptors (Lipinski definition) is 12. The summed E-state index contributed by atoms with van der Waals surface area (Å²) in [4.78, 5) is 7.48. The average molecular weight is 500 g/mol. The van der Waals surface area contributed by atoms with Gasteiger partial charge in [0.05, 0.1) is 6.54 Å². The molecular weight excluding hydrogens is 463 g/mol. The van der Waals surface area contributed by atoms with Crippen LogP contribution in [0.3, 0.4) is 0 Å². The summed E-state index contributed by atoms with van der Waals surface area (Å²) in [5.41, 5.74) is 4.95. The van der Waals surface area contributed by atoms with Crippen LogP contribution >= 0.6 is 74.0 Å². The quantitative estimate of drug-likeness (QED) is 0.120. The third kappa shape index (κ3) is 46.3. The molecule has 8 N–H and O–H groups in total. The van der Waals surface area contributed by atoms with Gasteiger partial charge in [0.1, 0.15) is 4.38 Å². The van der Waals surface area contributed by atoms with Crippen molar-refractivity contribution in [2.24, 2.45) is 15.7 Å². The summed E-state index contributed by atoms with van der Waals surface area (Å²) < 4.78 is 0.813. The van der Waals surface area contributed by atoms with Crippen molar-refractivity contribution in [3.63, 3.8) is 0 Å². The fourth-order valence-electron chi connectivity index (χ4n) is 0.674. The van der Waals surface area contributed by atoms with E-state index in [0.29, 0.717) is 6.54 Å². The second-order valence-electron chi connectivity index (χ2n) is 2.67. The van der Waals surface area contributed by atoms with Crippen molar-refractivity contribution in [3.05, 3.63) is 0 Å². The third-order valence-corrected chi connectivity index (χ3v) is 4.40. The largest absolute Gasteiger partial charge is 0.412 e. The van der Waals surface area contributed by atoms with Crippen LogP contribution in [-0.4, -0.2) is 58.4 Å². The summed E-state index contributed by atoms with van der Waals surface area (Å²) in [6.45, 7) is 1.53. The first kappa shape index (κ1) is 50.6. The van der Waals surface area contributed by atoms with Crippen LogP contribution in [0.5, 0.6) is 0 Å². The van der Waals surface area contributed by atoms with Crippen LogP contribution < -0.4 is 17.2 Å². The molecule has 27 heavy (non-hydrogen) atoms. The van der Waals surface area contributed by atoms with E-state index < -0.39 is 0 Å². The van der Waals surface area contributed by atoms with E-state index in [1.807, 2.05) is 18.7 Å². The SMILES string of the molecule is C.C.CS.CSC(=NC#N)SC.N.N#CNC1=NCCS1.NCCS.O.S. The number of thiol groups is 2. The Kier molecular flexibility index (Phi) is 94.1. The Morgan fingerprint density at radius 2 is 1.78 bits per heavy atom. The molecular formula is C13H37N7OS6. The van der Waals surface area contributed by atoms with Gasteiger partial charge in [-0.2, -0.15) is 54.3 Å². The van der Waals surface area contributed by atoms with Gasteiger partial charge in [-0.3, -0.25) is 10.3 Å². The van der Waals surface area contributed by atoms with E-state index in [4.69, 9.17) is 16.3 Å². The first-order valence-electron chi connectivity index (χ1n) is 5.82. The fourth-order valence-corrected chi connectivity index (χ4v) is 2.28. The molecule has 166 valence electrons. The number of nitrogens with two attached hydrogens (primary N) is 1. The molecule has 1 heterocycles. The molecule has 0 saturated carbocycles. The number of aliphatic imine (C=N–C) groups is 2. The van der Waals surface area contributed by atoms with Crippen LogP contribution in [0.1, 0.15) is 14.9 Å². The molecule has 1 aliphatic rings. The van der Waals surface area contributed by atoms with Gasteiger partial charge in [-0.1, -0.05) is 26.6 Å². The Bertz CT molecular complexity index is 378. The lowest BCUT2D eigenvalue weighted by Gasteiger charge is -1.88. The first-order chi connectivity index (χ1) is 10.7. The van der Waals surface area contributed by atoms with Crippen LogP contribution in [0.2, 0.25) is 0 Å². The van der Waals surface area contributed by atoms with Crippen molar-refractivity contribution in [2.45, 2.75) is 14.9 Å². The molecule has 0 aromatic heterocycles. The number of thioether (sulfide) groups is 3. The van der Waals surface area contributed by atoms with E-state index in [0.717, 1.165) is 27.6 Å². The minimum Gasteiger partial charge on any atom is -0.412 e. The number of nitrogens with zero attached hydrogens (tertiary/aromatic N) is 4. The van der Waals surface area contributed by atoms with Crippen molar-refractivity contribution < 1.29 is 5.48 Å². The highest BCUT2D eigenvalue weighted by atomic mass is 32.2. The summed E-state index contributed by atoms with van der Waals surface area (Å²) in [5, 5.41) is 19.3. The fraction of sp³-hybridized carbons (Fsp3) is 0.692. The molecule has 0 amide bonds. The molecule has 1 rings (SSSR count). The van der Waals surface area contributed by atoms with Crippen molar-refractivity contribution in [2.75, 3.05) is 43.4 Å². The topological polar surface area (TPSA) is 177 Å². The lowest BCUT2D eigenvalue weighted by atomic mass is 10.8. The summed E-state index contributed by atoms with van der Waals surface area (Å²) in [6, 6.07) is 0. The zero-order valence-corrected chi connectivity index (χ0v) is 19.8. The molecule has 1 aliphatic heterocycles. The molecule has 0 aliphatic carbocycles. The van der Waals surface area contributed by atoms with E-state index in [2.05, 4.69) is 40.6 Å². The Morgan fingerprint density at radius 3 is 1.96 bits per heavy atom. The maximum atomic E-state index is 8.07. The minimum absolute atomic E-state index is 0. The van der Waals surface area contributed by atoms with E-state index in [9.17, 15) is 0 Å². The lowest BCUT2D eigenvalue weighted by Crippen LogP contribution is -2.10. The average Bonchev–Trinajstić information content (AvgIpc) is 3.09. The molecule has 8 nitrogen and oxygen atoms in total. The van der Waals surface area contributed by atoms with Crippen molar-refractivity contribution in [1.29, 1.82) is 10.5 Å². The summed E-state index contributed by atoms with van der Waals surface area (Å²) >= 11 is 11.9. The highest BCUT2D eigenvalue weighted by molar-refractivity contribution is 8.38. The summed E-state index contributed by atoms with van der Waals surface area (Å²) in [5.74, 6) is 1.80. The van der Waals surface area contributed by atoms with Crippen LogP contribution in [0.4, 0.5) is 0 Å². The predicted molar refractivity (Wildman–Crippen MR) is 144 cm³/mol. The number of nitrogens with one attached hydrogen (secondary N) is 1. The van der Waals surface area contributed by atoms with Gasteiger partial charge in [-0.05, 0) is 18.8 Å². The van der Waals surface area contributed by atoms with Crippen LogP contribution in [0.25, 0.3) is 0 Å². The molecule has 0 atom stereocenters. The second kappa shape index (κ2) is 50.2. The van der Waals surface area contributed by atoms with Gasteiger partial charge in [0, 0.05) is 18.1 Å². The number of amidine groups is 1. The van der Waals surface area contributed by atoms with Crippen LogP contribution in [0.15, 0.2) is 9.98 Å². The van der Waals surface area contributed by atoms with Crippen molar-refractivity contribution >= 4 is 83.6 Å². The summed E-state index contributed by atoms with van der Waals surface area (Å²) in [6.07, 6.45) is 9.01. The van der Waals surface area contributed by atoms with E-state index in [-0.39, 0.29) is 40.0 Å². The zero-order valence-electron chi connectivity index (χ0n) is 14.5. The smallest absolute Gasteiger partial charge is 0.207 e. The van der Waals surface area contributed by atoms with Gasteiger partial charge < -0.3 is 17.4 Å².